The van der Waals surface area contributed by atoms with Gasteiger partial charge in [0.15, 0.2) is 0 Å². The van der Waals surface area contributed by atoms with Crippen molar-refractivity contribution in [2.45, 2.75) is 84.2 Å². The highest BCUT2D eigenvalue weighted by atomic mass is 16.2. The summed E-state index contributed by atoms with van der Waals surface area (Å²) >= 11 is 0. The second-order valence-corrected chi connectivity index (χ2v) is 8.38. The van der Waals surface area contributed by atoms with Crippen molar-refractivity contribution in [2.75, 3.05) is 26.2 Å². The summed E-state index contributed by atoms with van der Waals surface area (Å²) in [6.45, 7) is 10.6. The van der Waals surface area contributed by atoms with Gasteiger partial charge in [0.05, 0.1) is 11.7 Å². The van der Waals surface area contributed by atoms with Crippen LogP contribution in [0.5, 0.6) is 0 Å². The lowest BCUT2D eigenvalue weighted by atomic mass is 10.00. The average Bonchev–Trinajstić information content (AvgIpc) is 2.81. The van der Waals surface area contributed by atoms with Gasteiger partial charge in [0.25, 0.3) is 0 Å². The third-order valence-corrected chi connectivity index (χ3v) is 6.05. The summed E-state index contributed by atoms with van der Waals surface area (Å²) in [6.07, 6.45) is 9.49. The molecule has 0 unspecified atom stereocenters. The van der Waals surface area contributed by atoms with Crippen molar-refractivity contribution in [3.63, 3.8) is 0 Å². The highest BCUT2D eigenvalue weighted by molar-refractivity contribution is 5.77. The molecule has 5 heteroatoms. The van der Waals surface area contributed by atoms with Crippen LogP contribution in [0.25, 0.3) is 0 Å². The van der Waals surface area contributed by atoms with Crippen molar-refractivity contribution in [2.24, 2.45) is 0 Å². The largest absolute Gasteiger partial charge is 0.338 e. The van der Waals surface area contributed by atoms with Crippen molar-refractivity contribution in [3.05, 3.63) is 17.5 Å². The molecule has 26 heavy (non-hydrogen) atoms. The van der Waals surface area contributed by atoms with Gasteiger partial charge in [0.1, 0.15) is 0 Å². The molecule has 1 aromatic rings. The predicted octanol–water partition coefficient (Wildman–Crippen LogP) is 3.71. The van der Waals surface area contributed by atoms with Crippen LogP contribution >= 0.6 is 0 Å². The Kier molecular flexibility index (Phi) is 6.74. The zero-order valence-electron chi connectivity index (χ0n) is 16.9. The van der Waals surface area contributed by atoms with E-state index in [-0.39, 0.29) is 6.04 Å². The lowest BCUT2D eigenvalue weighted by molar-refractivity contribution is -0.136. The van der Waals surface area contributed by atoms with E-state index in [1.54, 1.807) is 0 Å². The molecule has 0 N–H and O–H groups in total. The Balaban J connectivity index is 1.60. The van der Waals surface area contributed by atoms with Gasteiger partial charge in [0, 0.05) is 31.2 Å². The van der Waals surface area contributed by atoms with Crippen molar-refractivity contribution >= 4 is 5.91 Å². The molecule has 0 radical (unpaired) electrons. The Bertz CT molecular complexity index is 589. The van der Waals surface area contributed by atoms with Gasteiger partial charge in [-0.3, -0.25) is 9.48 Å². The monoisotopic (exact) mass is 360 g/mol. The smallest absolute Gasteiger partial charge is 0.225 e. The van der Waals surface area contributed by atoms with Crippen LogP contribution in [0.15, 0.2) is 6.07 Å². The number of piperidine rings is 1. The molecular formula is C21H36N4O. The molecule has 0 aromatic carbocycles. The first kappa shape index (κ1) is 19.4. The van der Waals surface area contributed by atoms with Gasteiger partial charge < -0.3 is 9.80 Å². The minimum Gasteiger partial charge on any atom is -0.338 e. The normalized spacial score (nSPS) is 23.7. The van der Waals surface area contributed by atoms with Crippen LogP contribution in [-0.4, -0.2) is 57.7 Å². The number of amides is 1. The first-order chi connectivity index (χ1) is 12.5. The summed E-state index contributed by atoms with van der Waals surface area (Å²) in [5.74, 6) is 0.310. The Morgan fingerprint density at radius 2 is 1.81 bits per heavy atom. The fourth-order valence-electron chi connectivity index (χ4n) is 4.68. The fraction of sp³-hybridized carbons (Fsp3) is 0.810. The zero-order chi connectivity index (χ0) is 18.5. The number of carbonyl (C=O) groups is 1. The Hall–Kier alpha value is -1.36. The quantitative estimate of drug-likeness (QED) is 0.804. The molecule has 2 atom stereocenters. The van der Waals surface area contributed by atoms with Gasteiger partial charge in [-0.25, -0.2) is 0 Å². The molecule has 1 aromatic heterocycles. The van der Waals surface area contributed by atoms with Crippen LogP contribution < -0.4 is 0 Å². The van der Waals surface area contributed by atoms with Crippen LogP contribution in [-0.2, 0) is 4.79 Å². The standard InChI is InChI=1S/C21H36N4O/c1-17-14-18(2)25(22-17)19(3)15-21(26)24-13-9-6-10-20(24)16-23-11-7-4-5-8-12-23/h14,19-20H,4-13,15-16H2,1-3H3/t19-,20-/m1/s1. The third kappa shape index (κ3) is 4.87. The van der Waals surface area contributed by atoms with Crippen LogP contribution in [0.1, 0.15) is 75.7 Å². The Labute approximate surface area is 158 Å². The number of carbonyl (C=O) groups excluding carboxylic acids is 1. The van der Waals surface area contributed by atoms with Crippen molar-refractivity contribution in [1.29, 1.82) is 0 Å². The van der Waals surface area contributed by atoms with Crippen molar-refractivity contribution in [1.82, 2.24) is 19.6 Å². The number of likely N-dealkylation sites (tertiary alicyclic amines) is 2. The van der Waals surface area contributed by atoms with E-state index in [0.717, 1.165) is 37.3 Å². The molecule has 3 heterocycles. The van der Waals surface area contributed by atoms with E-state index in [4.69, 9.17) is 0 Å². The molecule has 5 nitrogen and oxygen atoms in total. The van der Waals surface area contributed by atoms with E-state index in [2.05, 4.69) is 34.8 Å². The van der Waals surface area contributed by atoms with Gasteiger partial charge in [-0.2, -0.15) is 5.10 Å². The van der Waals surface area contributed by atoms with Crippen molar-refractivity contribution in [3.8, 4) is 0 Å². The number of hydrogen-bond donors (Lipinski definition) is 0. The molecule has 0 saturated carbocycles. The highest BCUT2D eigenvalue weighted by Crippen LogP contribution is 2.23. The SMILES string of the molecule is Cc1cc(C)n([C@H](C)CC(=O)N2CCCC[C@@H]2CN2CCCCCC2)n1. The number of rotatable bonds is 5. The second-order valence-electron chi connectivity index (χ2n) is 8.38. The maximum atomic E-state index is 13.1. The fourth-order valence-corrected chi connectivity index (χ4v) is 4.68. The lowest BCUT2D eigenvalue weighted by Gasteiger charge is -2.39. The number of hydrogen-bond acceptors (Lipinski definition) is 3. The van der Waals surface area contributed by atoms with Crippen LogP contribution in [0.2, 0.25) is 0 Å². The predicted molar refractivity (Wildman–Crippen MR) is 105 cm³/mol. The molecule has 2 aliphatic heterocycles. The summed E-state index contributed by atoms with van der Waals surface area (Å²) in [5.41, 5.74) is 2.17. The third-order valence-electron chi connectivity index (χ3n) is 6.05. The molecule has 146 valence electrons. The van der Waals surface area contributed by atoms with E-state index >= 15 is 0 Å². The topological polar surface area (TPSA) is 41.4 Å². The first-order valence-corrected chi connectivity index (χ1v) is 10.6. The van der Waals surface area contributed by atoms with E-state index in [9.17, 15) is 4.79 Å². The van der Waals surface area contributed by atoms with Crippen LogP contribution in [0, 0.1) is 13.8 Å². The summed E-state index contributed by atoms with van der Waals surface area (Å²) < 4.78 is 2.01. The second kappa shape index (κ2) is 9.03. The number of nitrogens with zero attached hydrogens (tertiary/aromatic N) is 4. The maximum absolute atomic E-state index is 13.1. The lowest BCUT2D eigenvalue weighted by Crippen LogP contribution is -2.50. The molecule has 2 aliphatic rings. The zero-order valence-corrected chi connectivity index (χ0v) is 16.9. The van der Waals surface area contributed by atoms with Gasteiger partial charge in [0.2, 0.25) is 5.91 Å². The van der Waals surface area contributed by atoms with E-state index in [0.29, 0.717) is 18.4 Å². The average molecular weight is 361 g/mol. The summed E-state index contributed by atoms with van der Waals surface area (Å²) in [7, 11) is 0. The summed E-state index contributed by atoms with van der Waals surface area (Å²) in [4.78, 5) is 17.9. The number of aryl methyl sites for hydroxylation is 2. The molecule has 1 amide bonds. The molecule has 3 rings (SSSR count). The minimum atomic E-state index is 0.122. The van der Waals surface area contributed by atoms with Crippen LogP contribution in [0.4, 0.5) is 0 Å². The van der Waals surface area contributed by atoms with E-state index in [1.807, 2.05) is 11.6 Å². The minimum absolute atomic E-state index is 0.122. The highest BCUT2D eigenvalue weighted by Gasteiger charge is 2.29. The van der Waals surface area contributed by atoms with E-state index in [1.165, 1.54) is 45.2 Å². The van der Waals surface area contributed by atoms with Crippen molar-refractivity contribution < 1.29 is 4.79 Å². The Morgan fingerprint density at radius 1 is 1.12 bits per heavy atom. The summed E-state index contributed by atoms with van der Waals surface area (Å²) in [5, 5.41) is 4.57. The van der Waals surface area contributed by atoms with Crippen LogP contribution in [0.3, 0.4) is 0 Å². The number of aromatic nitrogens is 2. The van der Waals surface area contributed by atoms with E-state index < -0.39 is 0 Å². The molecular weight excluding hydrogens is 324 g/mol. The van der Waals surface area contributed by atoms with Gasteiger partial charge >= 0.3 is 0 Å². The molecule has 0 aliphatic carbocycles. The first-order valence-electron chi connectivity index (χ1n) is 10.6. The summed E-state index contributed by atoms with van der Waals surface area (Å²) in [6, 6.07) is 2.61. The molecule has 2 fully saturated rings. The van der Waals surface area contributed by atoms with Gasteiger partial charge in [-0.1, -0.05) is 12.8 Å². The van der Waals surface area contributed by atoms with Gasteiger partial charge in [-0.05, 0) is 72.0 Å². The molecule has 0 bridgehead atoms. The molecule has 2 saturated heterocycles. The Morgan fingerprint density at radius 3 is 2.46 bits per heavy atom. The van der Waals surface area contributed by atoms with Gasteiger partial charge in [-0.15, -0.1) is 0 Å². The molecule has 0 spiro atoms. The maximum Gasteiger partial charge on any atom is 0.225 e.